The minimum atomic E-state index is -0.222. The summed E-state index contributed by atoms with van der Waals surface area (Å²) < 4.78 is 3.99. The number of hydrogen-bond acceptors (Lipinski definition) is 4. The fourth-order valence-corrected chi connectivity index (χ4v) is 6.94. The molecular weight excluding hydrogens is 601 g/mol. The third-order valence-electron chi connectivity index (χ3n) is 10.1. The number of hydrogen-bond donors (Lipinski definition) is 0. The van der Waals surface area contributed by atoms with Crippen molar-refractivity contribution in [2.24, 2.45) is 0 Å². The highest BCUT2D eigenvalue weighted by molar-refractivity contribution is 5.78. The first-order valence-corrected chi connectivity index (χ1v) is 16.8. The summed E-state index contributed by atoms with van der Waals surface area (Å²) in [7, 11) is 0. The third kappa shape index (κ3) is 5.39. The molecule has 0 saturated carbocycles. The van der Waals surface area contributed by atoms with Crippen molar-refractivity contribution in [3.8, 4) is 11.4 Å². The van der Waals surface area contributed by atoms with Gasteiger partial charge in [0.2, 0.25) is 0 Å². The predicted molar refractivity (Wildman–Crippen MR) is 198 cm³/mol. The highest BCUT2D eigenvalue weighted by Crippen LogP contribution is 2.37. The van der Waals surface area contributed by atoms with Crippen molar-refractivity contribution in [1.82, 2.24) is 30.0 Å². The number of aromatic nitrogens is 6. The molecule has 0 bridgehead atoms. The fraction of sp³-hybridized carbons (Fsp3) is 0.163. The second kappa shape index (κ2) is 12.0. The molecule has 0 radical (unpaired) electrons. The summed E-state index contributed by atoms with van der Waals surface area (Å²) in [6.45, 7) is 9.12. The first-order chi connectivity index (χ1) is 23.8. The van der Waals surface area contributed by atoms with E-state index in [4.69, 9.17) is 10.4 Å². The molecule has 0 aliphatic heterocycles. The Bertz CT molecular complexity index is 2250. The van der Waals surface area contributed by atoms with E-state index in [1.165, 1.54) is 22.3 Å². The Morgan fingerprint density at radius 2 is 0.816 bits per heavy atom. The molecule has 0 fully saturated rings. The van der Waals surface area contributed by atoms with Crippen LogP contribution in [0, 0.1) is 0 Å². The van der Waals surface area contributed by atoms with E-state index in [0.29, 0.717) is 6.42 Å². The Kier molecular flexibility index (Phi) is 7.44. The van der Waals surface area contributed by atoms with Crippen LogP contribution in [0.2, 0.25) is 0 Å². The topological polar surface area (TPSA) is 61.4 Å². The molecule has 240 valence electrons. The molecule has 0 aliphatic carbocycles. The van der Waals surface area contributed by atoms with E-state index in [1.54, 1.807) is 0 Å². The van der Waals surface area contributed by atoms with Crippen molar-refractivity contribution in [2.75, 3.05) is 0 Å². The lowest BCUT2D eigenvalue weighted by Gasteiger charge is -2.28. The van der Waals surface area contributed by atoms with Gasteiger partial charge in [-0.25, -0.2) is 9.36 Å². The van der Waals surface area contributed by atoms with Crippen LogP contribution < -0.4 is 0 Å². The molecule has 8 aromatic rings. The van der Waals surface area contributed by atoms with Crippen LogP contribution >= 0.6 is 0 Å². The van der Waals surface area contributed by atoms with Crippen LogP contribution in [-0.2, 0) is 17.3 Å². The summed E-state index contributed by atoms with van der Waals surface area (Å²) >= 11 is 0. The minimum Gasteiger partial charge on any atom is -0.213 e. The zero-order valence-corrected chi connectivity index (χ0v) is 28.2. The molecule has 0 atom stereocenters. The molecule has 49 heavy (non-hydrogen) atoms. The lowest BCUT2D eigenvalue weighted by atomic mass is 9.77. The maximum absolute atomic E-state index is 4.70. The van der Waals surface area contributed by atoms with E-state index in [-0.39, 0.29) is 10.8 Å². The van der Waals surface area contributed by atoms with Crippen molar-refractivity contribution in [1.29, 1.82) is 0 Å². The summed E-state index contributed by atoms with van der Waals surface area (Å²) in [4.78, 5) is 0. The second-order valence-electron chi connectivity index (χ2n) is 13.8. The van der Waals surface area contributed by atoms with E-state index >= 15 is 0 Å². The van der Waals surface area contributed by atoms with Crippen LogP contribution in [0.5, 0.6) is 0 Å². The molecule has 2 heterocycles. The molecule has 0 aliphatic rings. The average Bonchev–Trinajstić information content (AvgIpc) is 3.77. The Morgan fingerprint density at radius 1 is 0.429 bits per heavy atom. The molecule has 6 aromatic carbocycles. The summed E-state index contributed by atoms with van der Waals surface area (Å²) in [5, 5.41) is 18.5. The molecule has 8 rings (SSSR count). The highest BCUT2D eigenvalue weighted by atomic mass is 15.4. The molecule has 0 amide bonds. The number of rotatable bonds is 8. The number of fused-ring (bicyclic) bond motifs is 2. The maximum atomic E-state index is 4.70. The quantitative estimate of drug-likeness (QED) is 0.166. The fourth-order valence-electron chi connectivity index (χ4n) is 6.94. The van der Waals surface area contributed by atoms with Gasteiger partial charge in [0.05, 0.1) is 22.4 Å². The van der Waals surface area contributed by atoms with Gasteiger partial charge in [0, 0.05) is 17.3 Å². The molecule has 6 heteroatoms. The summed E-state index contributed by atoms with van der Waals surface area (Å²) in [5.41, 5.74) is 12.5. The molecule has 0 unspecified atom stereocenters. The number of nitrogens with zero attached hydrogens (tertiary/aromatic N) is 6. The van der Waals surface area contributed by atoms with Gasteiger partial charge in [0.1, 0.15) is 11.0 Å². The first kappa shape index (κ1) is 30.5. The van der Waals surface area contributed by atoms with Crippen molar-refractivity contribution in [3.63, 3.8) is 0 Å². The van der Waals surface area contributed by atoms with Crippen LogP contribution in [0.15, 0.2) is 146 Å². The summed E-state index contributed by atoms with van der Waals surface area (Å²) in [6.07, 6.45) is 0.658. The van der Waals surface area contributed by atoms with E-state index in [1.807, 2.05) is 45.8 Å². The summed E-state index contributed by atoms with van der Waals surface area (Å²) in [5.74, 6) is 0. The highest BCUT2D eigenvalue weighted by Gasteiger charge is 2.27. The van der Waals surface area contributed by atoms with E-state index in [0.717, 1.165) is 44.6 Å². The molecular formula is C43H38N6. The molecule has 6 nitrogen and oxygen atoms in total. The van der Waals surface area contributed by atoms with E-state index in [2.05, 4.69) is 147 Å². The van der Waals surface area contributed by atoms with Gasteiger partial charge >= 0.3 is 0 Å². The van der Waals surface area contributed by atoms with Gasteiger partial charge in [-0.15, -0.1) is 10.2 Å². The van der Waals surface area contributed by atoms with Gasteiger partial charge in [-0.05, 0) is 69.8 Å². The third-order valence-corrected chi connectivity index (χ3v) is 10.1. The Balaban J connectivity index is 1.31. The van der Waals surface area contributed by atoms with Gasteiger partial charge in [0.15, 0.2) is 0 Å². The van der Waals surface area contributed by atoms with Crippen molar-refractivity contribution < 1.29 is 0 Å². The van der Waals surface area contributed by atoms with Crippen LogP contribution in [0.4, 0.5) is 0 Å². The lowest BCUT2D eigenvalue weighted by Crippen LogP contribution is -2.20. The van der Waals surface area contributed by atoms with Gasteiger partial charge in [-0.1, -0.05) is 147 Å². The largest absolute Gasteiger partial charge is 0.213 e. The van der Waals surface area contributed by atoms with Crippen molar-refractivity contribution in [2.45, 2.75) is 44.9 Å². The predicted octanol–water partition coefficient (Wildman–Crippen LogP) is 9.40. The zero-order valence-electron chi connectivity index (χ0n) is 28.2. The first-order valence-electron chi connectivity index (χ1n) is 16.8. The molecule has 0 spiro atoms. The number of benzene rings is 6. The van der Waals surface area contributed by atoms with Crippen LogP contribution in [0.3, 0.4) is 0 Å². The average molecular weight is 639 g/mol. The van der Waals surface area contributed by atoms with Crippen LogP contribution in [0.25, 0.3) is 33.4 Å². The second-order valence-corrected chi connectivity index (χ2v) is 13.8. The van der Waals surface area contributed by atoms with Crippen molar-refractivity contribution >= 4 is 22.1 Å². The monoisotopic (exact) mass is 638 g/mol. The standard InChI is InChI=1S/C43H38N6/c1-42(2,32-15-7-5-8-16-32)34-25-23-30(40(28-34)48-38-21-13-11-19-36(38)44-46-48)27-31-24-26-35(43(3,4)33-17-9-6-10-18-33)29-41(31)49-39-22-14-12-20-37(39)45-47-49/h5-26,28-29H,27H2,1-4H3. The molecule has 2 aromatic heterocycles. The Morgan fingerprint density at radius 3 is 1.24 bits per heavy atom. The van der Waals surface area contributed by atoms with Gasteiger partial charge < -0.3 is 0 Å². The normalized spacial score (nSPS) is 12.2. The maximum Gasteiger partial charge on any atom is 0.113 e. The van der Waals surface area contributed by atoms with E-state index in [9.17, 15) is 0 Å². The zero-order chi connectivity index (χ0) is 33.6. The van der Waals surface area contributed by atoms with Gasteiger partial charge in [-0.3, -0.25) is 0 Å². The van der Waals surface area contributed by atoms with Gasteiger partial charge in [0.25, 0.3) is 0 Å². The van der Waals surface area contributed by atoms with Gasteiger partial charge in [-0.2, -0.15) is 0 Å². The molecule has 0 saturated heterocycles. The van der Waals surface area contributed by atoms with Crippen molar-refractivity contribution in [3.05, 3.63) is 179 Å². The van der Waals surface area contributed by atoms with E-state index < -0.39 is 0 Å². The Labute approximate surface area is 286 Å². The Hall–Kier alpha value is -5.88. The minimum absolute atomic E-state index is 0.222. The molecule has 0 N–H and O–H groups in total. The van der Waals surface area contributed by atoms with Crippen LogP contribution in [0.1, 0.15) is 61.1 Å². The summed E-state index contributed by atoms with van der Waals surface area (Å²) in [6, 6.07) is 51.3. The SMILES string of the molecule is CC(C)(c1ccccc1)c1ccc(Cc2ccc(C(C)(C)c3ccccc3)cc2-n2nnc3ccccc32)c(-n2nnc3ccccc32)c1. The van der Waals surface area contributed by atoms with Crippen LogP contribution in [-0.4, -0.2) is 30.0 Å². The lowest BCUT2D eigenvalue weighted by molar-refractivity contribution is 0.638. The smallest absolute Gasteiger partial charge is 0.113 e. The number of para-hydroxylation sites is 2.